The van der Waals surface area contributed by atoms with Crippen molar-refractivity contribution < 1.29 is 22.4 Å². The molecule has 3 rings (SSSR count). The first-order valence-electron chi connectivity index (χ1n) is 8.19. The van der Waals surface area contributed by atoms with E-state index in [4.69, 9.17) is 0 Å². The van der Waals surface area contributed by atoms with Gasteiger partial charge in [-0.15, -0.1) is 0 Å². The minimum absolute atomic E-state index is 0.0708. The number of benzene rings is 1. The van der Waals surface area contributed by atoms with E-state index in [0.29, 0.717) is 17.1 Å². The van der Waals surface area contributed by atoms with Gasteiger partial charge in [0.05, 0.1) is 18.5 Å². The Labute approximate surface area is 160 Å². The van der Waals surface area contributed by atoms with Crippen molar-refractivity contribution in [2.24, 2.45) is 0 Å². The molecule has 0 aliphatic rings. The van der Waals surface area contributed by atoms with Crippen molar-refractivity contribution in [3.63, 3.8) is 0 Å². The van der Waals surface area contributed by atoms with Crippen molar-refractivity contribution in [1.29, 1.82) is 0 Å². The molecular weight excluding hydrogens is 400 g/mol. The van der Waals surface area contributed by atoms with E-state index in [-0.39, 0.29) is 34.6 Å². The molecule has 6 nitrogen and oxygen atoms in total. The number of halogens is 4. The highest BCUT2D eigenvalue weighted by molar-refractivity contribution is 7.13. The highest BCUT2D eigenvalue weighted by Gasteiger charge is 2.31. The van der Waals surface area contributed by atoms with Crippen LogP contribution >= 0.6 is 11.5 Å². The molecule has 1 aromatic carbocycles. The number of hydrogen-bond acceptors (Lipinski definition) is 5. The summed E-state index contributed by atoms with van der Waals surface area (Å²) in [6.45, 7) is 1.65. The van der Waals surface area contributed by atoms with E-state index in [1.165, 1.54) is 24.3 Å². The van der Waals surface area contributed by atoms with Crippen molar-refractivity contribution in [2.75, 3.05) is 5.43 Å². The molecule has 0 spiro atoms. The van der Waals surface area contributed by atoms with Gasteiger partial charge in [-0.05, 0) is 29.2 Å². The van der Waals surface area contributed by atoms with Crippen LogP contribution in [-0.4, -0.2) is 26.1 Å². The number of carbonyl (C=O) groups excluding carboxylic acids is 1. The monoisotopic (exact) mass is 414 g/mol. The zero-order valence-electron chi connectivity index (χ0n) is 14.5. The third-order valence-electron chi connectivity index (χ3n) is 3.83. The number of hydrogen-bond donors (Lipinski definition) is 1. The second-order valence-electron chi connectivity index (χ2n) is 5.96. The number of nitrogens with one attached hydrogen (secondary N) is 1. The molecule has 0 bridgehead atoms. The first kappa shape index (κ1) is 19.9. The van der Waals surface area contributed by atoms with Gasteiger partial charge in [0, 0.05) is 6.42 Å². The topological polar surface area (TPSA) is 76.9 Å². The van der Waals surface area contributed by atoms with Gasteiger partial charge in [-0.2, -0.15) is 17.5 Å². The van der Waals surface area contributed by atoms with Crippen LogP contribution in [0.5, 0.6) is 0 Å². The number of carbonyl (C=O) groups is 1. The lowest BCUT2D eigenvalue weighted by Crippen LogP contribution is -2.36. The van der Waals surface area contributed by atoms with Gasteiger partial charge in [0.2, 0.25) is 5.91 Å². The van der Waals surface area contributed by atoms with Crippen LogP contribution in [-0.2, 0) is 24.1 Å². The molecule has 1 amide bonds. The van der Waals surface area contributed by atoms with Gasteiger partial charge in [0.1, 0.15) is 21.9 Å². The average Bonchev–Trinajstić information content (AvgIpc) is 3.00. The van der Waals surface area contributed by atoms with E-state index in [1.807, 2.05) is 0 Å². The molecule has 0 saturated heterocycles. The maximum absolute atomic E-state index is 12.9. The number of fused-ring (bicyclic) bond motifs is 1. The Balaban J connectivity index is 1.92. The van der Waals surface area contributed by atoms with Crippen molar-refractivity contribution in [2.45, 2.75) is 32.4 Å². The lowest BCUT2D eigenvalue weighted by atomic mass is 10.1. The standard InChI is InChI=1S/C17H14F4N4O2S/c1-2-12-22-14-11(8-17(19,20)21)24-28-15(14)16(27)25(12)23-13(26)7-9-3-5-10(18)6-4-9/h3-6H,2,7-8H2,1H3,(H,23,26). The highest BCUT2D eigenvalue weighted by Crippen LogP contribution is 2.26. The Kier molecular flexibility index (Phi) is 5.45. The quantitative estimate of drug-likeness (QED) is 0.652. The molecule has 0 aliphatic carbocycles. The number of aromatic nitrogens is 3. The van der Waals surface area contributed by atoms with Crippen LogP contribution in [0.15, 0.2) is 29.1 Å². The van der Waals surface area contributed by atoms with Crippen LogP contribution in [0.2, 0.25) is 0 Å². The van der Waals surface area contributed by atoms with Crippen LogP contribution in [0.4, 0.5) is 17.6 Å². The van der Waals surface area contributed by atoms with E-state index in [0.717, 1.165) is 4.68 Å². The largest absolute Gasteiger partial charge is 0.394 e. The fourth-order valence-electron chi connectivity index (χ4n) is 2.58. The van der Waals surface area contributed by atoms with Gasteiger partial charge in [-0.3, -0.25) is 15.0 Å². The van der Waals surface area contributed by atoms with Gasteiger partial charge in [0.25, 0.3) is 5.56 Å². The second kappa shape index (κ2) is 7.66. The van der Waals surface area contributed by atoms with E-state index >= 15 is 0 Å². The Morgan fingerprint density at radius 1 is 1.25 bits per heavy atom. The summed E-state index contributed by atoms with van der Waals surface area (Å²) in [4.78, 5) is 29.0. The lowest BCUT2D eigenvalue weighted by Gasteiger charge is -2.12. The van der Waals surface area contributed by atoms with Gasteiger partial charge < -0.3 is 0 Å². The van der Waals surface area contributed by atoms with Crippen LogP contribution in [0.1, 0.15) is 24.0 Å². The average molecular weight is 414 g/mol. The molecule has 1 N–H and O–H groups in total. The first-order chi connectivity index (χ1) is 13.2. The van der Waals surface area contributed by atoms with Gasteiger partial charge in [-0.1, -0.05) is 19.1 Å². The Morgan fingerprint density at radius 2 is 1.93 bits per heavy atom. The zero-order chi connectivity index (χ0) is 20.5. The minimum atomic E-state index is -4.48. The maximum atomic E-state index is 12.9. The van der Waals surface area contributed by atoms with E-state index in [1.54, 1.807) is 6.92 Å². The second-order valence-corrected chi connectivity index (χ2v) is 6.73. The molecule has 0 unspecified atom stereocenters. The zero-order valence-corrected chi connectivity index (χ0v) is 15.3. The molecule has 0 atom stereocenters. The summed E-state index contributed by atoms with van der Waals surface area (Å²) < 4.78 is 55.6. The summed E-state index contributed by atoms with van der Waals surface area (Å²) in [6.07, 6.45) is -5.68. The Hall–Kier alpha value is -2.82. The molecule has 28 heavy (non-hydrogen) atoms. The molecule has 0 aliphatic heterocycles. The molecule has 2 aromatic heterocycles. The summed E-state index contributed by atoms with van der Waals surface area (Å²) >= 11 is 0.608. The molecule has 148 valence electrons. The third kappa shape index (κ3) is 4.35. The minimum Gasteiger partial charge on any atom is -0.273 e. The molecule has 2 heterocycles. The van der Waals surface area contributed by atoms with Crippen molar-refractivity contribution in [1.82, 2.24) is 14.0 Å². The van der Waals surface area contributed by atoms with E-state index in [9.17, 15) is 27.2 Å². The molecule has 11 heteroatoms. The normalized spacial score (nSPS) is 11.8. The van der Waals surface area contributed by atoms with E-state index < -0.39 is 29.9 Å². The fraction of sp³-hybridized carbons (Fsp3) is 0.294. The predicted molar refractivity (Wildman–Crippen MR) is 95.3 cm³/mol. The van der Waals surface area contributed by atoms with Gasteiger partial charge >= 0.3 is 6.18 Å². The SMILES string of the molecule is CCc1nc2c(CC(F)(F)F)nsc2c(=O)n1NC(=O)Cc1ccc(F)cc1. The fourth-order valence-corrected chi connectivity index (χ4v) is 3.35. The third-order valence-corrected chi connectivity index (χ3v) is 4.69. The van der Waals surface area contributed by atoms with Crippen molar-refractivity contribution in [3.8, 4) is 0 Å². The summed E-state index contributed by atoms with van der Waals surface area (Å²) in [5.41, 5.74) is 1.83. The number of alkyl halides is 3. The first-order valence-corrected chi connectivity index (χ1v) is 8.96. The Morgan fingerprint density at radius 3 is 2.54 bits per heavy atom. The van der Waals surface area contributed by atoms with Crippen molar-refractivity contribution >= 4 is 27.7 Å². The smallest absolute Gasteiger partial charge is 0.273 e. The molecule has 0 saturated carbocycles. The number of aryl methyl sites for hydroxylation is 1. The lowest BCUT2D eigenvalue weighted by molar-refractivity contribution is -0.127. The maximum Gasteiger partial charge on any atom is 0.394 e. The van der Waals surface area contributed by atoms with Crippen LogP contribution < -0.4 is 11.0 Å². The highest BCUT2D eigenvalue weighted by atomic mass is 32.1. The molecule has 0 fully saturated rings. The predicted octanol–water partition coefficient (Wildman–Crippen LogP) is 2.97. The Bertz CT molecular complexity index is 1070. The molecule has 0 radical (unpaired) electrons. The summed E-state index contributed by atoms with van der Waals surface area (Å²) in [5, 5.41) is 0. The molecule has 3 aromatic rings. The summed E-state index contributed by atoms with van der Waals surface area (Å²) in [5.74, 6) is -0.888. The van der Waals surface area contributed by atoms with Crippen molar-refractivity contribution in [3.05, 3.63) is 57.5 Å². The summed E-state index contributed by atoms with van der Waals surface area (Å²) in [6, 6.07) is 5.29. The van der Waals surface area contributed by atoms with E-state index in [2.05, 4.69) is 14.8 Å². The van der Waals surface area contributed by atoms with Crippen LogP contribution in [0.25, 0.3) is 10.2 Å². The molecular formula is C17H14F4N4O2S. The number of rotatable bonds is 5. The van der Waals surface area contributed by atoms with Gasteiger partial charge in [0.15, 0.2) is 0 Å². The van der Waals surface area contributed by atoms with Crippen LogP contribution in [0.3, 0.4) is 0 Å². The van der Waals surface area contributed by atoms with Crippen LogP contribution in [0, 0.1) is 5.82 Å². The summed E-state index contributed by atoms with van der Waals surface area (Å²) in [7, 11) is 0. The van der Waals surface area contributed by atoms with Gasteiger partial charge in [-0.25, -0.2) is 14.1 Å². The number of nitrogens with zero attached hydrogens (tertiary/aromatic N) is 3. The number of amides is 1.